The van der Waals surface area contributed by atoms with Gasteiger partial charge in [0.1, 0.15) is 25.6 Å². The summed E-state index contributed by atoms with van der Waals surface area (Å²) in [6.45, 7) is 26.8. The summed E-state index contributed by atoms with van der Waals surface area (Å²) in [6.07, 6.45) is 1.15. The Kier molecular flexibility index (Phi) is 14.3. The molecule has 4 aromatic carbocycles. The first-order chi connectivity index (χ1) is 26.8. The van der Waals surface area contributed by atoms with Crippen LogP contribution in [0.5, 0.6) is 23.0 Å². The summed E-state index contributed by atoms with van der Waals surface area (Å²) in [5, 5.41) is 32.7. The molecule has 0 aliphatic heterocycles. The lowest BCUT2D eigenvalue weighted by molar-refractivity contribution is -0.394. The van der Waals surface area contributed by atoms with Gasteiger partial charge in [0.2, 0.25) is 5.75 Å². The van der Waals surface area contributed by atoms with Crippen molar-refractivity contribution in [2.24, 2.45) is 0 Å². The van der Waals surface area contributed by atoms with Crippen LogP contribution >= 0.6 is 0 Å². The SMILES string of the molecule is CC(C)(C)c1cc(COc2cc(COc3cc([N+](=O)[O-])cc([N+](=O)[O-])c3)cc(OCc3cc(C(C)(C)C)cc(C(C)(C)C)c3)c2OCCCCO)cc(C(C)(C)C)c1. The molecule has 1 N–H and O–H groups in total. The zero-order valence-corrected chi connectivity index (χ0v) is 36.4. The van der Waals surface area contributed by atoms with Crippen molar-refractivity contribution in [1.82, 2.24) is 0 Å². The number of hydrogen-bond donors (Lipinski definition) is 1. The molecule has 0 aliphatic carbocycles. The van der Waals surface area contributed by atoms with E-state index in [4.69, 9.17) is 18.9 Å². The minimum atomic E-state index is -0.694. The molecule has 11 nitrogen and oxygen atoms in total. The van der Waals surface area contributed by atoms with Crippen molar-refractivity contribution in [1.29, 1.82) is 0 Å². The number of benzene rings is 4. The molecule has 0 amide bonds. The number of hydrogen-bond acceptors (Lipinski definition) is 9. The highest BCUT2D eigenvalue weighted by molar-refractivity contribution is 5.55. The van der Waals surface area contributed by atoms with E-state index in [1.165, 1.54) is 22.3 Å². The van der Waals surface area contributed by atoms with E-state index in [0.717, 1.165) is 29.3 Å². The fourth-order valence-electron chi connectivity index (χ4n) is 6.09. The highest BCUT2D eigenvalue weighted by Gasteiger charge is 2.24. The lowest BCUT2D eigenvalue weighted by Gasteiger charge is -2.27. The molecule has 0 saturated carbocycles. The lowest BCUT2D eigenvalue weighted by Crippen LogP contribution is -2.17. The number of rotatable bonds is 16. The van der Waals surface area contributed by atoms with Crippen LogP contribution in [0.4, 0.5) is 11.4 Å². The van der Waals surface area contributed by atoms with Gasteiger partial charge in [-0.1, -0.05) is 119 Å². The number of nitro groups is 2. The molecule has 0 radical (unpaired) electrons. The maximum atomic E-state index is 11.6. The van der Waals surface area contributed by atoms with Crippen LogP contribution in [0, 0.1) is 20.2 Å². The van der Waals surface area contributed by atoms with Crippen LogP contribution in [-0.2, 0) is 41.5 Å². The maximum absolute atomic E-state index is 11.6. The summed E-state index contributed by atoms with van der Waals surface area (Å²) in [5.74, 6) is 1.14. The Balaban J connectivity index is 1.84. The summed E-state index contributed by atoms with van der Waals surface area (Å²) in [4.78, 5) is 21.8. The van der Waals surface area contributed by atoms with Crippen molar-refractivity contribution in [2.45, 2.75) is 137 Å². The van der Waals surface area contributed by atoms with Gasteiger partial charge < -0.3 is 24.1 Å². The van der Waals surface area contributed by atoms with Gasteiger partial charge >= 0.3 is 0 Å². The van der Waals surface area contributed by atoms with Crippen molar-refractivity contribution in [3.63, 3.8) is 0 Å². The third kappa shape index (κ3) is 12.7. The Morgan fingerprint density at radius 1 is 0.483 bits per heavy atom. The number of aliphatic hydroxyl groups excluding tert-OH is 1. The molecule has 0 bridgehead atoms. The van der Waals surface area contributed by atoms with Crippen LogP contribution in [0.15, 0.2) is 66.7 Å². The molecule has 4 rings (SSSR count). The molecule has 0 aromatic heterocycles. The van der Waals surface area contributed by atoms with Gasteiger partial charge in [0.25, 0.3) is 11.4 Å². The van der Waals surface area contributed by atoms with Crippen LogP contribution in [0.25, 0.3) is 0 Å². The summed E-state index contributed by atoms with van der Waals surface area (Å²) in [6, 6.07) is 19.9. The minimum absolute atomic E-state index is 0.0300. The predicted octanol–water partition coefficient (Wildman–Crippen LogP) is 11.6. The van der Waals surface area contributed by atoms with Crippen LogP contribution in [-0.4, -0.2) is 28.2 Å². The van der Waals surface area contributed by atoms with Crippen molar-refractivity contribution in [3.8, 4) is 23.0 Å². The van der Waals surface area contributed by atoms with Gasteiger partial charge in [0.05, 0.1) is 34.7 Å². The summed E-state index contributed by atoms with van der Waals surface area (Å²) in [7, 11) is 0. The van der Waals surface area contributed by atoms with Crippen LogP contribution in [0.1, 0.15) is 135 Å². The second-order valence-corrected chi connectivity index (χ2v) is 19.1. The minimum Gasteiger partial charge on any atom is -0.488 e. The first-order valence-electron chi connectivity index (χ1n) is 19.9. The topological polar surface area (TPSA) is 143 Å². The van der Waals surface area contributed by atoms with Gasteiger partial charge in [-0.15, -0.1) is 0 Å². The highest BCUT2D eigenvalue weighted by Crippen LogP contribution is 2.42. The number of unbranched alkanes of at least 4 members (excludes halogenated alkanes) is 1. The average Bonchev–Trinajstić information content (AvgIpc) is 3.12. The van der Waals surface area contributed by atoms with Crippen molar-refractivity contribution < 1.29 is 33.9 Å². The van der Waals surface area contributed by atoms with E-state index in [-0.39, 0.29) is 53.8 Å². The second-order valence-electron chi connectivity index (χ2n) is 19.1. The van der Waals surface area contributed by atoms with Gasteiger partial charge in [0.15, 0.2) is 11.5 Å². The van der Waals surface area contributed by atoms with Gasteiger partial charge in [-0.05, 0) is 85.6 Å². The second kappa shape index (κ2) is 18.2. The highest BCUT2D eigenvalue weighted by atomic mass is 16.6. The molecule has 0 spiro atoms. The third-order valence-electron chi connectivity index (χ3n) is 9.82. The van der Waals surface area contributed by atoms with Crippen LogP contribution < -0.4 is 18.9 Å². The van der Waals surface area contributed by atoms with Gasteiger partial charge in [-0.3, -0.25) is 20.2 Å². The van der Waals surface area contributed by atoms with Crippen molar-refractivity contribution >= 4 is 11.4 Å². The Hall–Kier alpha value is -5.16. The Morgan fingerprint density at radius 3 is 1.19 bits per heavy atom. The molecular formula is C47H62N2O9. The van der Waals surface area contributed by atoms with E-state index in [0.29, 0.717) is 42.3 Å². The molecule has 0 saturated heterocycles. The van der Waals surface area contributed by atoms with Gasteiger partial charge in [-0.25, -0.2) is 0 Å². The Morgan fingerprint density at radius 2 is 0.845 bits per heavy atom. The van der Waals surface area contributed by atoms with E-state index in [9.17, 15) is 25.3 Å². The number of nitrogens with zero attached hydrogens (tertiary/aromatic N) is 2. The molecule has 4 aromatic rings. The quantitative estimate of drug-likeness (QED) is 0.0665. The molecule has 11 heteroatoms. The molecule has 314 valence electrons. The van der Waals surface area contributed by atoms with Crippen LogP contribution in [0.3, 0.4) is 0 Å². The zero-order chi connectivity index (χ0) is 43.2. The normalized spacial score (nSPS) is 12.3. The number of ether oxygens (including phenoxy) is 4. The van der Waals surface area contributed by atoms with Gasteiger partial charge in [0, 0.05) is 6.61 Å². The van der Waals surface area contributed by atoms with E-state index < -0.39 is 21.2 Å². The predicted molar refractivity (Wildman–Crippen MR) is 229 cm³/mol. The largest absolute Gasteiger partial charge is 0.488 e. The molecule has 0 aliphatic rings. The number of aliphatic hydroxyl groups is 1. The molecule has 0 unspecified atom stereocenters. The summed E-state index contributed by atoms with van der Waals surface area (Å²) >= 11 is 0. The zero-order valence-electron chi connectivity index (χ0n) is 36.4. The van der Waals surface area contributed by atoms with Crippen LogP contribution in [0.2, 0.25) is 0 Å². The fraction of sp³-hybridized carbons (Fsp3) is 0.489. The standard InChI is InChI=1S/C47H62N2O9/c1-44(2,3)34-17-31(18-35(23-34)45(4,5)6)29-57-41-21-33(28-56-40-26-38(48(51)52)25-39(27-40)49(53)54)22-42(43(41)55-16-14-13-15-50)58-30-32-19-36(46(7,8)9)24-37(20-32)47(10,11)12/h17-27,50H,13-16,28-30H2,1-12H3. The van der Waals surface area contributed by atoms with E-state index in [1.54, 1.807) is 12.1 Å². The molecular weight excluding hydrogens is 737 g/mol. The third-order valence-corrected chi connectivity index (χ3v) is 9.82. The summed E-state index contributed by atoms with van der Waals surface area (Å²) in [5.41, 5.74) is 5.95. The van der Waals surface area contributed by atoms with E-state index in [1.807, 2.05) is 0 Å². The maximum Gasteiger partial charge on any atom is 0.280 e. The smallest absolute Gasteiger partial charge is 0.280 e. The molecule has 58 heavy (non-hydrogen) atoms. The van der Waals surface area contributed by atoms with E-state index in [2.05, 4.69) is 119 Å². The van der Waals surface area contributed by atoms with E-state index >= 15 is 0 Å². The fourth-order valence-corrected chi connectivity index (χ4v) is 6.09. The lowest BCUT2D eigenvalue weighted by atomic mass is 9.79. The van der Waals surface area contributed by atoms with Crippen molar-refractivity contribution in [2.75, 3.05) is 13.2 Å². The Labute approximate surface area is 344 Å². The molecule has 0 atom stereocenters. The monoisotopic (exact) mass is 798 g/mol. The number of nitro benzene ring substituents is 2. The van der Waals surface area contributed by atoms with Gasteiger partial charge in [-0.2, -0.15) is 0 Å². The summed E-state index contributed by atoms with van der Waals surface area (Å²) < 4.78 is 25.7. The Bertz CT molecular complexity index is 1880. The first kappa shape index (κ1) is 45.5. The first-order valence-corrected chi connectivity index (χ1v) is 19.9. The molecule has 0 heterocycles. The molecule has 0 fully saturated rings. The average molecular weight is 799 g/mol. The van der Waals surface area contributed by atoms with Crippen molar-refractivity contribution in [3.05, 3.63) is 126 Å². The number of non-ortho nitro benzene ring substituents is 2.